The third kappa shape index (κ3) is 4.21. The summed E-state index contributed by atoms with van der Waals surface area (Å²) in [6, 6.07) is 9.71. The first-order valence-electron chi connectivity index (χ1n) is 9.90. The number of imidazole rings is 1. The SMILES string of the molecule is Cc1nc(CN(C)S(=O)(=O)c2cn(C)cn2)nc2c1CCC(=O)N2Cc1ccccc1. The first kappa shape index (κ1) is 21.1. The molecule has 0 fully saturated rings. The van der Waals surface area contributed by atoms with Gasteiger partial charge in [0.25, 0.3) is 10.0 Å². The van der Waals surface area contributed by atoms with E-state index in [1.165, 1.54) is 23.9 Å². The van der Waals surface area contributed by atoms with Gasteiger partial charge in [-0.1, -0.05) is 30.3 Å². The molecule has 1 aliphatic rings. The zero-order valence-corrected chi connectivity index (χ0v) is 18.5. The largest absolute Gasteiger partial charge is 0.339 e. The van der Waals surface area contributed by atoms with E-state index in [4.69, 9.17) is 0 Å². The fourth-order valence-electron chi connectivity index (χ4n) is 3.60. The van der Waals surface area contributed by atoms with Gasteiger partial charge in [0.15, 0.2) is 5.03 Å². The van der Waals surface area contributed by atoms with Crippen LogP contribution in [0.15, 0.2) is 47.9 Å². The highest BCUT2D eigenvalue weighted by atomic mass is 32.2. The summed E-state index contributed by atoms with van der Waals surface area (Å²) in [7, 11) is -0.607. The molecule has 1 aliphatic heterocycles. The molecule has 31 heavy (non-hydrogen) atoms. The Bertz CT molecular complexity index is 1220. The van der Waals surface area contributed by atoms with E-state index in [1.807, 2.05) is 37.3 Å². The lowest BCUT2D eigenvalue weighted by molar-refractivity contribution is -0.119. The minimum atomic E-state index is -3.78. The second kappa shape index (κ2) is 8.20. The van der Waals surface area contributed by atoms with Crippen molar-refractivity contribution < 1.29 is 13.2 Å². The van der Waals surface area contributed by atoms with Crippen molar-refractivity contribution in [3.05, 3.63) is 65.5 Å². The molecule has 0 aliphatic carbocycles. The highest BCUT2D eigenvalue weighted by Crippen LogP contribution is 2.29. The third-order valence-electron chi connectivity index (χ3n) is 5.29. The van der Waals surface area contributed by atoms with Gasteiger partial charge < -0.3 is 4.57 Å². The topological polar surface area (TPSA) is 101 Å². The van der Waals surface area contributed by atoms with Crippen LogP contribution in [-0.2, 0) is 41.4 Å². The van der Waals surface area contributed by atoms with Crippen LogP contribution in [0.2, 0.25) is 0 Å². The number of anilines is 1. The van der Waals surface area contributed by atoms with Gasteiger partial charge in [0, 0.05) is 38.0 Å². The fourth-order valence-corrected chi connectivity index (χ4v) is 4.69. The van der Waals surface area contributed by atoms with Crippen molar-refractivity contribution in [3.8, 4) is 0 Å². The van der Waals surface area contributed by atoms with Gasteiger partial charge in [-0.05, 0) is 18.9 Å². The molecule has 4 rings (SSSR count). The molecule has 3 heterocycles. The van der Waals surface area contributed by atoms with E-state index >= 15 is 0 Å². The Morgan fingerprint density at radius 2 is 1.87 bits per heavy atom. The Hall–Kier alpha value is -3.11. The molecule has 0 atom stereocenters. The predicted molar refractivity (Wildman–Crippen MR) is 115 cm³/mol. The summed E-state index contributed by atoms with van der Waals surface area (Å²) in [6.07, 6.45) is 3.86. The second-order valence-electron chi connectivity index (χ2n) is 7.63. The van der Waals surface area contributed by atoms with E-state index in [0.29, 0.717) is 31.0 Å². The zero-order chi connectivity index (χ0) is 22.2. The summed E-state index contributed by atoms with van der Waals surface area (Å²) in [6.45, 7) is 2.25. The van der Waals surface area contributed by atoms with Gasteiger partial charge in [-0.25, -0.2) is 23.4 Å². The van der Waals surface area contributed by atoms with Gasteiger partial charge in [0.2, 0.25) is 5.91 Å². The Labute approximate surface area is 181 Å². The lowest BCUT2D eigenvalue weighted by Crippen LogP contribution is -2.36. The molecule has 1 amide bonds. The van der Waals surface area contributed by atoms with Crippen molar-refractivity contribution in [3.63, 3.8) is 0 Å². The van der Waals surface area contributed by atoms with Crippen LogP contribution in [-0.4, -0.2) is 45.2 Å². The summed E-state index contributed by atoms with van der Waals surface area (Å²) in [5, 5.41) is -0.0342. The summed E-state index contributed by atoms with van der Waals surface area (Å²) < 4.78 is 28.4. The first-order valence-corrected chi connectivity index (χ1v) is 11.3. The number of hydrogen-bond donors (Lipinski definition) is 0. The second-order valence-corrected chi connectivity index (χ2v) is 9.62. The number of aromatic nitrogens is 4. The minimum Gasteiger partial charge on any atom is -0.339 e. The van der Waals surface area contributed by atoms with Gasteiger partial charge in [0.1, 0.15) is 11.6 Å². The van der Waals surface area contributed by atoms with Crippen LogP contribution in [0.25, 0.3) is 0 Å². The molecule has 162 valence electrons. The molecule has 0 saturated carbocycles. The molecule has 0 spiro atoms. The monoisotopic (exact) mass is 440 g/mol. The normalized spacial score (nSPS) is 14.2. The number of nitrogens with zero attached hydrogens (tertiary/aromatic N) is 6. The van der Waals surface area contributed by atoms with Crippen LogP contribution >= 0.6 is 0 Å². The molecule has 9 nitrogen and oxygen atoms in total. The molecule has 3 aromatic rings. The molecule has 10 heteroatoms. The number of sulfonamides is 1. The third-order valence-corrected chi connectivity index (χ3v) is 6.98. The smallest absolute Gasteiger partial charge is 0.262 e. The van der Waals surface area contributed by atoms with Crippen molar-refractivity contribution >= 4 is 21.7 Å². The van der Waals surface area contributed by atoms with Gasteiger partial charge >= 0.3 is 0 Å². The summed E-state index contributed by atoms with van der Waals surface area (Å²) >= 11 is 0. The average molecular weight is 441 g/mol. The maximum Gasteiger partial charge on any atom is 0.262 e. The molecule has 0 N–H and O–H groups in total. The van der Waals surface area contributed by atoms with Crippen molar-refractivity contribution in [1.29, 1.82) is 0 Å². The highest BCUT2D eigenvalue weighted by molar-refractivity contribution is 7.89. The number of carbonyl (C=O) groups is 1. The van der Waals surface area contributed by atoms with Gasteiger partial charge in [-0.2, -0.15) is 4.31 Å². The Morgan fingerprint density at radius 3 is 2.55 bits per heavy atom. The maximum absolute atomic E-state index is 12.8. The number of aryl methyl sites for hydroxylation is 2. The maximum atomic E-state index is 12.8. The number of fused-ring (bicyclic) bond motifs is 1. The van der Waals surface area contributed by atoms with Crippen LogP contribution in [0, 0.1) is 6.92 Å². The summed E-state index contributed by atoms with van der Waals surface area (Å²) in [5.41, 5.74) is 2.68. The minimum absolute atomic E-state index is 0.00475. The highest BCUT2D eigenvalue weighted by Gasteiger charge is 2.30. The van der Waals surface area contributed by atoms with Crippen molar-refractivity contribution in [1.82, 2.24) is 23.8 Å². The Kier molecular flexibility index (Phi) is 5.59. The van der Waals surface area contributed by atoms with E-state index in [-0.39, 0.29) is 17.5 Å². The molecule has 0 unspecified atom stereocenters. The van der Waals surface area contributed by atoms with Gasteiger partial charge in [-0.3, -0.25) is 9.69 Å². The standard InChI is InChI=1S/C21H24N6O3S/c1-15-17-9-10-20(28)27(11-16-7-5-4-6-8-16)21(17)24-18(23-15)12-26(3)31(29,30)19-13-25(2)14-22-19/h4-8,13-14H,9-12H2,1-3H3. The molecule has 0 radical (unpaired) electrons. The van der Waals surface area contributed by atoms with Crippen LogP contribution in [0.5, 0.6) is 0 Å². The van der Waals surface area contributed by atoms with Gasteiger partial charge in [-0.15, -0.1) is 0 Å². The number of benzene rings is 1. The fraction of sp³-hybridized carbons (Fsp3) is 0.333. The Morgan fingerprint density at radius 1 is 1.13 bits per heavy atom. The zero-order valence-electron chi connectivity index (χ0n) is 17.7. The van der Waals surface area contributed by atoms with Gasteiger partial charge in [0.05, 0.1) is 19.4 Å². The van der Waals surface area contributed by atoms with E-state index in [2.05, 4.69) is 15.0 Å². The van der Waals surface area contributed by atoms with Crippen molar-refractivity contribution in [2.75, 3.05) is 11.9 Å². The van der Waals surface area contributed by atoms with E-state index < -0.39 is 10.0 Å². The van der Waals surface area contributed by atoms with Crippen LogP contribution in [0.4, 0.5) is 5.82 Å². The molecular weight excluding hydrogens is 416 g/mol. The van der Waals surface area contributed by atoms with E-state index in [1.54, 1.807) is 16.5 Å². The molecule has 1 aromatic carbocycles. The first-order chi connectivity index (χ1) is 14.8. The number of rotatable bonds is 6. The van der Waals surface area contributed by atoms with Crippen molar-refractivity contribution in [2.24, 2.45) is 7.05 Å². The summed E-state index contributed by atoms with van der Waals surface area (Å²) in [5.74, 6) is 0.895. The van der Waals surface area contributed by atoms with Crippen LogP contribution in [0.1, 0.15) is 29.1 Å². The van der Waals surface area contributed by atoms with Crippen LogP contribution in [0.3, 0.4) is 0 Å². The van der Waals surface area contributed by atoms with Crippen LogP contribution < -0.4 is 4.90 Å². The number of carbonyl (C=O) groups excluding carboxylic acids is 1. The molecular formula is C21H24N6O3S. The predicted octanol–water partition coefficient (Wildman–Crippen LogP) is 1.82. The molecule has 0 saturated heterocycles. The lowest BCUT2D eigenvalue weighted by atomic mass is 10.0. The van der Waals surface area contributed by atoms with E-state index in [9.17, 15) is 13.2 Å². The Balaban J connectivity index is 1.65. The molecule has 0 bridgehead atoms. The lowest BCUT2D eigenvalue weighted by Gasteiger charge is -2.29. The number of amides is 1. The quantitative estimate of drug-likeness (QED) is 0.580. The van der Waals surface area contributed by atoms with Crippen molar-refractivity contribution in [2.45, 2.75) is 37.9 Å². The number of hydrogen-bond acceptors (Lipinski definition) is 6. The average Bonchev–Trinajstić information content (AvgIpc) is 3.18. The molecule has 2 aromatic heterocycles. The summed E-state index contributed by atoms with van der Waals surface area (Å²) in [4.78, 5) is 27.5. The van der Waals surface area contributed by atoms with E-state index in [0.717, 1.165) is 16.8 Å².